The molecule has 1 aromatic rings. The summed E-state index contributed by atoms with van der Waals surface area (Å²) in [5, 5.41) is 0. The fourth-order valence-corrected chi connectivity index (χ4v) is 2.51. The highest BCUT2D eigenvalue weighted by Gasteiger charge is 2.25. The number of hydrogen-bond acceptors (Lipinski definition) is 5. The predicted molar refractivity (Wildman–Crippen MR) is 76.8 cm³/mol. The highest BCUT2D eigenvalue weighted by molar-refractivity contribution is 5.73. The lowest BCUT2D eigenvalue weighted by molar-refractivity contribution is -0.127. The van der Waals surface area contributed by atoms with E-state index < -0.39 is 0 Å². The van der Waals surface area contributed by atoms with Gasteiger partial charge in [-0.15, -0.1) is 0 Å². The van der Waals surface area contributed by atoms with Crippen LogP contribution in [0.4, 0.5) is 5.82 Å². The van der Waals surface area contributed by atoms with Crippen LogP contribution >= 0.6 is 0 Å². The van der Waals surface area contributed by atoms with E-state index in [1.165, 1.54) is 6.33 Å². The fraction of sp³-hybridized carbons (Fsp3) is 0.643. The van der Waals surface area contributed by atoms with Crippen molar-refractivity contribution in [3.8, 4) is 5.88 Å². The van der Waals surface area contributed by atoms with Gasteiger partial charge < -0.3 is 14.5 Å². The standard InChI is InChI=1S/C14H22N4O2/c1-4-20-14-7-13(15-10-16-14)17(3)8-12-5-6-18(9-12)11(2)19/h7,10,12H,4-6,8-9H2,1-3H3. The molecule has 0 radical (unpaired) electrons. The molecule has 2 heterocycles. The lowest BCUT2D eigenvalue weighted by Crippen LogP contribution is -2.30. The molecule has 0 aliphatic carbocycles. The summed E-state index contributed by atoms with van der Waals surface area (Å²) in [5.74, 6) is 2.11. The number of carbonyl (C=O) groups excluding carboxylic acids is 1. The van der Waals surface area contributed by atoms with Gasteiger partial charge in [0.15, 0.2) is 0 Å². The van der Waals surface area contributed by atoms with Gasteiger partial charge in [-0.05, 0) is 19.3 Å². The highest BCUT2D eigenvalue weighted by Crippen LogP contribution is 2.20. The van der Waals surface area contributed by atoms with Gasteiger partial charge in [-0.1, -0.05) is 0 Å². The number of nitrogens with zero attached hydrogens (tertiary/aromatic N) is 4. The number of aromatic nitrogens is 2. The molecule has 6 nitrogen and oxygen atoms in total. The number of amides is 1. The smallest absolute Gasteiger partial charge is 0.219 e. The van der Waals surface area contributed by atoms with Gasteiger partial charge in [0.05, 0.1) is 6.61 Å². The van der Waals surface area contributed by atoms with Crippen LogP contribution in [0.15, 0.2) is 12.4 Å². The first kappa shape index (κ1) is 14.6. The van der Waals surface area contributed by atoms with Crippen LogP contribution in [0.25, 0.3) is 0 Å². The summed E-state index contributed by atoms with van der Waals surface area (Å²) in [4.78, 5) is 23.7. The zero-order valence-electron chi connectivity index (χ0n) is 12.4. The normalized spacial score (nSPS) is 18.1. The quantitative estimate of drug-likeness (QED) is 0.809. The summed E-state index contributed by atoms with van der Waals surface area (Å²) >= 11 is 0. The van der Waals surface area contributed by atoms with E-state index in [9.17, 15) is 4.79 Å². The van der Waals surface area contributed by atoms with Gasteiger partial charge in [0.1, 0.15) is 12.1 Å². The van der Waals surface area contributed by atoms with E-state index in [-0.39, 0.29) is 5.91 Å². The van der Waals surface area contributed by atoms with Crippen LogP contribution < -0.4 is 9.64 Å². The molecule has 1 aliphatic heterocycles. The molecular formula is C14H22N4O2. The Morgan fingerprint density at radius 3 is 3.00 bits per heavy atom. The summed E-state index contributed by atoms with van der Waals surface area (Å²) in [6, 6.07) is 1.85. The summed E-state index contributed by atoms with van der Waals surface area (Å²) < 4.78 is 5.38. The molecule has 0 aromatic carbocycles. The van der Waals surface area contributed by atoms with Crippen molar-refractivity contribution in [2.24, 2.45) is 5.92 Å². The van der Waals surface area contributed by atoms with E-state index in [4.69, 9.17) is 4.74 Å². The highest BCUT2D eigenvalue weighted by atomic mass is 16.5. The Morgan fingerprint density at radius 2 is 2.35 bits per heavy atom. The van der Waals surface area contributed by atoms with Crippen molar-refractivity contribution in [2.45, 2.75) is 20.3 Å². The van der Waals surface area contributed by atoms with E-state index >= 15 is 0 Å². The molecule has 110 valence electrons. The van der Waals surface area contributed by atoms with Crippen LogP contribution in [-0.2, 0) is 4.79 Å². The minimum absolute atomic E-state index is 0.163. The summed E-state index contributed by atoms with van der Waals surface area (Å²) in [5.41, 5.74) is 0. The van der Waals surface area contributed by atoms with Crippen LogP contribution in [0, 0.1) is 5.92 Å². The maximum Gasteiger partial charge on any atom is 0.219 e. The number of carbonyl (C=O) groups is 1. The fourth-order valence-electron chi connectivity index (χ4n) is 2.51. The van der Waals surface area contributed by atoms with Gasteiger partial charge in [-0.2, -0.15) is 0 Å². The molecule has 1 saturated heterocycles. The first-order chi connectivity index (χ1) is 9.60. The minimum atomic E-state index is 0.163. The van der Waals surface area contributed by atoms with Gasteiger partial charge in [0.25, 0.3) is 0 Å². The van der Waals surface area contributed by atoms with E-state index in [1.54, 1.807) is 6.92 Å². The molecule has 1 aromatic heterocycles. The summed E-state index contributed by atoms with van der Waals surface area (Å²) in [7, 11) is 2.01. The third kappa shape index (κ3) is 3.59. The van der Waals surface area contributed by atoms with Crippen molar-refractivity contribution in [2.75, 3.05) is 38.2 Å². The van der Waals surface area contributed by atoms with E-state index in [2.05, 4.69) is 14.9 Å². The van der Waals surface area contributed by atoms with E-state index in [1.807, 2.05) is 24.9 Å². The van der Waals surface area contributed by atoms with Gasteiger partial charge >= 0.3 is 0 Å². The third-order valence-electron chi connectivity index (χ3n) is 3.57. The molecule has 1 unspecified atom stereocenters. The molecular weight excluding hydrogens is 256 g/mol. The molecule has 1 aliphatic rings. The number of hydrogen-bond donors (Lipinski definition) is 0. The Morgan fingerprint density at radius 1 is 1.55 bits per heavy atom. The molecule has 1 atom stereocenters. The average Bonchev–Trinajstić information content (AvgIpc) is 2.88. The van der Waals surface area contributed by atoms with Crippen molar-refractivity contribution in [3.63, 3.8) is 0 Å². The molecule has 0 spiro atoms. The van der Waals surface area contributed by atoms with Crippen molar-refractivity contribution >= 4 is 11.7 Å². The Bertz CT molecular complexity index is 466. The summed E-state index contributed by atoms with van der Waals surface area (Å²) in [6.45, 7) is 6.73. The van der Waals surface area contributed by atoms with Gasteiger partial charge in [-0.25, -0.2) is 9.97 Å². The van der Waals surface area contributed by atoms with Gasteiger partial charge in [0.2, 0.25) is 11.8 Å². The van der Waals surface area contributed by atoms with Crippen LogP contribution in [-0.4, -0.2) is 54.1 Å². The Labute approximate surface area is 119 Å². The monoisotopic (exact) mass is 278 g/mol. The topological polar surface area (TPSA) is 58.6 Å². The number of ether oxygens (including phenoxy) is 1. The molecule has 0 saturated carbocycles. The van der Waals surface area contributed by atoms with Crippen molar-refractivity contribution < 1.29 is 9.53 Å². The molecule has 2 rings (SSSR count). The minimum Gasteiger partial charge on any atom is -0.478 e. The van der Waals surface area contributed by atoms with Gasteiger partial charge in [0, 0.05) is 39.7 Å². The van der Waals surface area contributed by atoms with Crippen LogP contribution in [0.5, 0.6) is 5.88 Å². The van der Waals surface area contributed by atoms with Crippen LogP contribution in [0.3, 0.4) is 0 Å². The summed E-state index contributed by atoms with van der Waals surface area (Å²) in [6.07, 6.45) is 2.57. The molecule has 6 heteroatoms. The second kappa shape index (κ2) is 6.54. The molecule has 1 amide bonds. The Hall–Kier alpha value is -1.85. The maximum absolute atomic E-state index is 11.3. The first-order valence-corrected chi connectivity index (χ1v) is 7.01. The van der Waals surface area contributed by atoms with Gasteiger partial charge in [-0.3, -0.25) is 4.79 Å². The molecule has 1 fully saturated rings. The Kier molecular flexibility index (Phi) is 4.76. The molecule has 0 N–H and O–H groups in total. The second-order valence-electron chi connectivity index (χ2n) is 5.15. The van der Waals surface area contributed by atoms with Crippen molar-refractivity contribution in [1.29, 1.82) is 0 Å². The third-order valence-corrected chi connectivity index (χ3v) is 3.57. The average molecular weight is 278 g/mol. The Balaban J connectivity index is 1.93. The second-order valence-corrected chi connectivity index (χ2v) is 5.15. The number of rotatable bonds is 5. The van der Waals surface area contributed by atoms with Crippen molar-refractivity contribution in [1.82, 2.24) is 14.9 Å². The maximum atomic E-state index is 11.3. The molecule has 0 bridgehead atoms. The zero-order chi connectivity index (χ0) is 14.5. The lowest BCUT2D eigenvalue weighted by atomic mass is 10.1. The number of anilines is 1. The predicted octanol–water partition coefficient (Wildman–Crippen LogP) is 1.18. The largest absolute Gasteiger partial charge is 0.478 e. The number of likely N-dealkylation sites (tertiary alicyclic amines) is 1. The molecule has 20 heavy (non-hydrogen) atoms. The van der Waals surface area contributed by atoms with E-state index in [0.717, 1.165) is 31.9 Å². The SMILES string of the molecule is CCOc1cc(N(C)CC2CCN(C(C)=O)C2)ncn1. The van der Waals surface area contributed by atoms with Crippen LogP contribution in [0.2, 0.25) is 0 Å². The van der Waals surface area contributed by atoms with Crippen molar-refractivity contribution in [3.05, 3.63) is 12.4 Å². The van der Waals surface area contributed by atoms with Crippen LogP contribution in [0.1, 0.15) is 20.3 Å². The lowest BCUT2D eigenvalue weighted by Gasteiger charge is -2.22. The first-order valence-electron chi connectivity index (χ1n) is 7.01. The zero-order valence-corrected chi connectivity index (χ0v) is 12.4. The van der Waals surface area contributed by atoms with E-state index in [0.29, 0.717) is 18.4 Å².